The highest BCUT2D eigenvalue weighted by Gasteiger charge is 2.64. The molecule has 3 atom stereocenters. The smallest absolute Gasteiger partial charge is 0.327 e. The molecule has 11 heteroatoms. The monoisotopic (exact) mass is 528 g/mol. The van der Waals surface area contributed by atoms with Gasteiger partial charge in [-0.2, -0.15) is 0 Å². The Labute approximate surface area is 195 Å². The number of carbonyl (C=O) groups excluding carboxylic acids is 2. The number of amides is 2. The molecule has 0 saturated carbocycles. The zero-order chi connectivity index (χ0) is 22.5. The molecule has 31 heavy (non-hydrogen) atoms. The van der Waals surface area contributed by atoms with Crippen molar-refractivity contribution in [2.24, 2.45) is 0 Å². The summed E-state index contributed by atoms with van der Waals surface area (Å²) < 4.78 is 11.3. The zero-order valence-electron chi connectivity index (χ0n) is 16.4. The Hall–Kier alpha value is -2.17. The molecule has 8 nitrogen and oxygen atoms in total. The Balaban J connectivity index is 1.38. The number of thioether (sulfide) groups is 1. The van der Waals surface area contributed by atoms with Gasteiger partial charge in [0, 0.05) is 9.22 Å². The van der Waals surface area contributed by atoms with Gasteiger partial charge in [0.1, 0.15) is 35.6 Å². The van der Waals surface area contributed by atoms with E-state index in [2.05, 4.69) is 21.2 Å². The van der Waals surface area contributed by atoms with E-state index in [1.807, 2.05) is 0 Å². The number of β-lactam (4-membered cyclic amide) rings is 1. The van der Waals surface area contributed by atoms with Crippen LogP contribution in [0.1, 0.15) is 30.2 Å². The Morgan fingerprint density at radius 2 is 2.10 bits per heavy atom. The largest absolute Gasteiger partial charge is 0.484 e. The van der Waals surface area contributed by atoms with Crippen LogP contribution in [0.2, 0.25) is 5.02 Å². The van der Waals surface area contributed by atoms with Crippen LogP contribution < -0.4 is 10.1 Å². The second-order valence-electron chi connectivity index (χ2n) is 7.68. The first kappa shape index (κ1) is 22.0. The highest BCUT2D eigenvalue weighted by atomic mass is 79.9. The number of ether oxygens (including phenoxy) is 1. The predicted octanol–water partition coefficient (Wildman–Crippen LogP) is 3.52. The van der Waals surface area contributed by atoms with Gasteiger partial charge in [-0.1, -0.05) is 27.5 Å². The molecule has 0 radical (unpaired) electrons. The highest BCUT2D eigenvalue weighted by molar-refractivity contribution is 9.10. The first-order valence-corrected chi connectivity index (χ1v) is 11.3. The Morgan fingerprint density at radius 1 is 1.35 bits per heavy atom. The summed E-state index contributed by atoms with van der Waals surface area (Å²) in [5, 5.41) is 12.1. The molecule has 0 unspecified atom stereocenters. The number of fused-ring (bicyclic) bond motifs is 1. The summed E-state index contributed by atoms with van der Waals surface area (Å²) in [7, 11) is 0. The molecular formula is C20H18BrClN2O6S. The topological polar surface area (TPSA) is 109 Å². The molecule has 1 aromatic carbocycles. The molecular weight excluding hydrogens is 512 g/mol. The maximum absolute atomic E-state index is 12.6. The fourth-order valence-electron chi connectivity index (χ4n) is 3.68. The number of nitrogens with one attached hydrogen (secondary N) is 1. The van der Waals surface area contributed by atoms with Gasteiger partial charge in [0.15, 0.2) is 5.76 Å². The first-order chi connectivity index (χ1) is 14.6. The average molecular weight is 530 g/mol. The maximum atomic E-state index is 12.6. The third-order valence-electron chi connectivity index (χ3n) is 5.11. The van der Waals surface area contributed by atoms with E-state index in [4.69, 9.17) is 20.8 Å². The predicted molar refractivity (Wildman–Crippen MR) is 117 cm³/mol. The van der Waals surface area contributed by atoms with Crippen molar-refractivity contribution in [2.75, 3.05) is 0 Å². The molecule has 4 rings (SSSR count). The number of nitrogens with zero attached hydrogens (tertiary/aromatic N) is 1. The van der Waals surface area contributed by atoms with E-state index < -0.39 is 40.0 Å². The average Bonchev–Trinajstić information content (AvgIpc) is 3.26. The van der Waals surface area contributed by atoms with Crippen molar-refractivity contribution in [3.05, 3.63) is 51.3 Å². The molecule has 2 aliphatic heterocycles. The van der Waals surface area contributed by atoms with Crippen molar-refractivity contribution >= 4 is 57.1 Å². The minimum absolute atomic E-state index is 0.0313. The summed E-state index contributed by atoms with van der Waals surface area (Å²) in [5.74, 6) is -1.11. The van der Waals surface area contributed by atoms with Crippen LogP contribution >= 0.6 is 39.3 Å². The van der Waals surface area contributed by atoms with E-state index in [9.17, 15) is 19.5 Å². The summed E-state index contributed by atoms with van der Waals surface area (Å²) in [5.41, 5.74) is 0. The molecule has 2 fully saturated rings. The Kier molecular flexibility index (Phi) is 5.74. The van der Waals surface area contributed by atoms with Crippen LogP contribution in [-0.2, 0) is 16.2 Å². The van der Waals surface area contributed by atoms with Gasteiger partial charge >= 0.3 is 5.97 Å². The van der Waals surface area contributed by atoms with Crippen LogP contribution in [-0.4, -0.2) is 50.0 Å². The van der Waals surface area contributed by atoms with Gasteiger partial charge in [-0.3, -0.25) is 9.59 Å². The van der Waals surface area contributed by atoms with Crippen LogP contribution in [0.4, 0.5) is 0 Å². The van der Waals surface area contributed by atoms with Crippen LogP contribution in [0.3, 0.4) is 0 Å². The van der Waals surface area contributed by atoms with Crippen molar-refractivity contribution < 1.29 is 28.6 Å². The zero-order valence-corrected chi connectivity index (χ0v) is 19.6. The molecule has 0 bridgehead atoms. The fraction of sp³-hybridized carbons (Fsp3) is 0.350. The number of carboxylic acids is 1. The maximum Gasteiger partial charge on any atom is 0.327 e. The fourth-order valence-corrected chi connectivity index (χ4v) is 6.03. The lowest BCUT2D eigenvalue weighted by Gasteiger charge is -2.43. The van der Waals surface area contributed by atoms with Gasteiger partial charge in [0.2, 0.25) is 5.91 Å². The van der Waals surface area contributed by atoms with Crippen molar-refractivity contribution in [3.8, 4) is 5.75 Å². The van der Waals surface area contributed by atoms with Crippen molar-refractivity contribution in [1.82, 2.24) is 10.2 Å². The van der Waals surface area contributed by atoms with Gasteiger partial charge in [0.25, 0.3) is 5.91 Å². The van der Waals surface area contributed by atoms with Crippen LogP contribution in [0.15, 0.2) is 39.2 Å². The van der Waals surface area contributed by atoms with E-state index in [0.717, 1.165) is 4.47 Å². The summed E-state index contributed by atoms with van der Waals surface area (Å²) in [6.07, 6.45) is 0. The van der Waals surface area contributed by atoms with E-state index in [1.165, 1.54) is 22.7 Å². The van der Waals surface area contributed by atoms with Crippen molar-refractivity contribution in [2.45, 2.75) is 42.7 Å². The molecule has 2 amide bonds. The third kappa shape index (κ3) is 4.04. The summed E-state index contributed by atoms with van der Waals surface area (Å²) >= 11 is 10.8. The molecule has 3 heterocycles. The van der Waals surface area contributed by atoms with Crippen LogP contribution in [0.25, 0.3) is 0 Å². The summed E-state index contributed by atoms with van der Waals surface area (Å²) in [6.45, 7) is 3.62. The van der Waals surface area contributed by atoms with Gasteiger partial charge < -0.3 is 24.5 Å². The first-order valence-electron chi connectivity index (χ1n) is 9.29. The number of halogens is 2. The lowest BCUT2D eigenvalue weighted by atomic mass is 9.96. The minimum atomic E-state index is -1.06. The molecule has 2 aromatic rings. The number of benzene rings is 1. The highest BCUT2D eigenvalue weighted by Crippen LogP contribution is 2.50. The molecule has 0 aliphatic carbocycles. The van der Waals surface area contributed by atoms with E-state index >= 15 is 0 Å². The number of rotatable bonds is 6. The molecule has 164 valence electrons. The Bertz CT molecular complexity index is 1070. The second-order valence-corrected chi connectivity index (χ2v) is 10.8. The second kappa shape index (κ2) is 8.07. The summed E-state index contributed by atoms with van der Waals surface area (Å²) in [4.78, 5) is 38.0. The van der Waals surface area contributed by atoms with Gasteiger partial charge in [-0.05, 0) is 44.2 Å². The number of aliphatic carboxylic acids is 1. The van der Waals surface area contributed by atoms with E-state index in [0.29, 0.717) is 16.5 Å². The van der Waals surface area contributed by atoms with Crippen molar-refractivity contribution in [3.63, 3.8) is 0 Å². The number of carbonyl (C=O) groups is 3. The normalized spacial score (nSPS) is 23.8. The van der Waals surface area contributed by atoms with Gasteiger partial charge in [-0.25, -0.2) is 4.79 Å². The van der Waals surface area contributed by atoms with E-state index in [1.54, 1.807) is 38.1 Å². The lowest BCUT2D eigenvalue weighted by Crippen LogP contribution is -2.70. The quantitative estimate of drug-likeness (QED) is 0.551. The molecule has 1 aromatic heterocycles. The van der Waals surface area contributed by atoms with Crippen molar-refractivity contribution in [1.29, 1.82) is 0 Å². The molecule has 2 saturated heterocycles. The number of carboxylic acid groups (broad SMARTS) is 1. The molecule has 0 spiro atoms. The van der Waals surface area contributed by atoms with Crippen LogP contribution in [0.5, 0.6) is 5.75 Å². The Morgan fingerprint density at radius 3 is 2.77 bits per heavy atom. The van der Waals surface area contributed by atoms with E-state index in [-0.39, 0.29) is 12.4 Å². The molecule has 2 N–H and O–H groups in total. The lowest BCUT2D eigenvalue weighted by molar-refractivity contribution is -0.159. The minimum Gasteiger partial charge on any atom is -0.484 e. The SMILES string of the molecule is CC1(C)S[C@@H]2[C@H](NC(=O)c3ccc(COc4ccc(Br)cc4Cl)o3)C(=O)N2[C@H]1C(=O)O. The molecule has 2 aliphatic rings. The number of hydrogen-bond donors (Lipinski definition) is 2. The van der Waals surface area contributed by atoms with Gasteiger partial charge in [-0.15, -0.1) is 11.8 Å². The number of furan rings is 1. The van der Waals surface area contributed by atoms with Gasteiger partial charge in [0.05, 0.1) is 5.02 Å². The summed E-state index contributed by atoms with van der Waals surface area (Å²) in [6, 6.07) is 6.57. The third-order valence-corrected chi connectivity index (χ3v) is 7.47. The number of hydrogen-bond acceptors (Lipinski definition) is 6. The standard InChI is InChI=1S/C20H18BrClN2O6S/c1-20(2)15(19(27)28)24-17(26)14(18(24)31-20)23-16(25)13-6-4-10(30-13)8-29-12-5-3-9(21)7-11(12)22/h3-7,14-15,18H,8H2,1-2H3,(H,23,25)(H,27,28)/t14-,15+,18-/m1/s1. The van der Waals surface area contributed by atoms with Crippen LogP contribution in [0, 0.1) is 0 Å².